The van der Waals surface area contributed by atoms with Crippen molar-refractivity contribution in [3.63, 3.8) is 0 Å². The van der Waals surface area contributed by atoms with Gasteiger partial charge in [-0.3, -0.25) is 0 Å². The van der Waals surface area contributed by atoms with Gasteiger partial charge in [0.15, 0.2) is 0 Å². The Morgan fingerprint density at radius 2 is 1.81 bits per heavy atom. The van der Waals surface area contributed by atoms with E-state index in [1.165, 1.54) is 0 Å². The van der Waals surface area contributed by atoms with E-state index in [0.717, 1.165) is 64.7 Å². The van der Waals surface area contributed by atoms with Gasteiger partial charge in [0.1, 0.15) is 24.6 Å². The number of furan rings is 1. The number of carbonyl (C=O) groups is 1. The summed E-state index contributed by atoms with van der Waals surface area (Å²) < 4.78 is 16.7. The number of nitrogens with zero attached hydrogens (tertiary/aromatic N) is 4. The summed E-state index contributed by atoms with van der Waals surface area (Å²) in [4.78, 5) is 25.1. The maximum atomic E-state index is 11.7. The largest absolute Gasteiger partial charge is 0.464 e. The number of hydrogen-bond acceptors (Lipinski definition) is 7. The van der Waals surface area contributed by atoms with Crippen molar-refractivity contribution in [1.82, 2.24) is 14.9 Å². The highest BCUT2D eigenvalue weighted by atomic mass is 16.6. The zero-order valence-electron chi connectivity index (χ0n) is 22.2. The zero-order chi connectivity index (χ0) is 26.2. The summed E-state index contributed by atoms with van der Waals surface area (Å²) in [7, 11) is 0. The van der Waals surface area contributed by atoms with Crippen molar-refractivity contribution < 1.29 is 18.7 Å². The molecule has 0 aliphatic carbocycles. The summed E-state index contributed by atoms with van der Waals surface area (Å²) in [5.74, 6) is 0.865. The molecule has 0 saturated carbocycles. The van der Waals surface area contributed by atoms with Gasteiger partial charge >= 0.3 is 12.1 Å². The zero-order valence-corrected chi connectivity index (χ0v) is 22.2. The maximum Gasteiger partial charge on any atom is 0.410 e. The van der Waals surface area contributed by atoms with Crippen LogP contribution < -0.4 is 9.64 Å². The molecule has 2 aromatic carbocycles. The van der Waals surface area contributed by atoms with Gasteiger partial charge in [-0.2, -0.15) is 9.97 Å². The highest BCUT2D eigenvalue weighted by Gasteiger charge is 2.22. The maximum absolute atomic E-state index is 11.7. The fraction of sp³-hybridized carbons (Fsp3) is 0.414. The van der Waals surface area contributed by atoms with Gasteiger partial charge in [0.25, 0.3) is 0 Å². The predicted octanol–water partition coefficient (Wildman–Crippen LogP) is 6.53. The molecule has 5 rings (SSSR count). The third-order valence-electron chi connectivity index (χ3n) is 6.17. The molecule has 0 unspecified atom stereocenters. The SMILES string of the molecule is CC.CCCN(CCC)c1nc(OCCN2CCOC2=O)nc2ccc(-c3coc4ccccc34)cc12. The third kappa shape index (κ3) is 5.79. The number of benzene rings is 2. The first kappa shape index (κ1) is 26.3. The van der Waals surface area contributed by atoms with E-state index in [0.29, 0.717) is 32.3 Å². The number of ether oxygens (including phenoxy) is 2. The van der Waals surface area contributed by atoms with Gasteiger partial charge < -0.3 is 23.7 Å². The topological polar surface area (TPSA) is 80.9 Å². The van der Waals surface area contributed by atoms with Crippen LogP contribution in [-0.2, 0) is 4.74 Å². The Bertz CT molecular complexity index is 1330. The molecule has 0 bridgehead atoms. The number of fused-ring (bicyclic) bond motifs is 2. The molecule has 196 valence electrons. The molecule has 8 heteroatoms. The van der Waals surface area contributed by atoms with Crippen molar-refractivity contribution in [2.24, 2.45) is 0 Å². The van der Waals surface area contributed by atoms with E-state index in [4.69, 9.17) is 18.9 Å². The number of para-hydroxylation sites is 1. The number of anilines is 1. The Hall–Kier alpha value is -3.81. The fourth-order valence-electron chi connectivity index (χ4n) is 4.51. The average Bonchev–Trinajstić information content (AvgIpc) is 3.55. The first-order valence-corrected chi connectivity index (χ1v) is 13.3. The van der Waals surface area contributed by atoms with Gasteiger partial charge in [0.05, 0.1) is 24.9 Å². The van der Waals surface area contributed by atoms with Crippen LogP contribution in [0, 0.1) is 0 Å². The number of carbonyl (C=O) groups excluding carboxylic acids is 1. The van der Waals surface area contributed by atoms with Gasteiger partial charge in [-0.1, -0.05) is 52.0 Å². The van der Waals surface area contributed by atoms with E-state index in [1.807, 2.05) is 44.4 Å². The van der Waals surface area contributed by atoms with Gasteiger partial charge in [0.2, 0.25) is 0 Å². The molecule has 2 aromatic heterocycles. The Morgan fingerprint density at radius 1 is 1.03 bits per heavy atom. The van der Waals surface area contributed by atoms with E-state index in [2.05, 4.69) is 41.9 Å². The van der Waals surface area contributed by atoms with Crippen LogP contribution in [0.4, 0.5) is 10.6 Å². The van der Waals surface area contributed by atoms with Crippen LogP contribution in [0.1, 0.15) is 40.5 Å². The number of rotatable bonds is 10. The summed E-state index contributed by atoms with van der Waals surface area (Å²) in [5, 5.41) is 2.05. The van der Waals surface area contributed by atoms with Gasteiger partial charge in [-0.25, -0.2) is 4.79 Å². The van der Waals surface area contributed by atoms with Crippen molar-refractivity contribution >= 4 is 33.8 Å². The van der Waals surface area contributed by atoms with Crippen LogP contribution in [0.15, 0.2) is 53.1 Å². The second-order valence-corrected chi connectivity index (χ2v) is 8.64. The van der Waals surface area contributed by atoms with Crippen molar-refractivity contribution in [2.75, 3.05) is 44.3 Å². The van der Waals surface area contributed by atoms with Crippen molar-refractivity contribution in [3.05, 3.63) is 48.7 Å². The van der Waals surface area contributed by atoms with Crippen molar-refractivity contribution in [2.45, 2.75) is 40.5 Å². The molecule has 1 aliphatic heterocycles. The quantitative estimate of drug-likeness (QED) is 0.243. The lowest BCUT2D eigenvalue weighted by Gasteiger charge is -2.24. The van der Waals surface area contributed by atoms with Crippen molar-refractivity contribution in [3.8, 4) is 17.1 Å². The van der Waals surface area contributed by atoms with E-state index in [-0.39, 0.29) is 6.09 Å². The van der Waals surface area contributed by atoms with Crippen LogP contribution >= 0.6 is 0 Å². The lowest BCUT2D eigenvalue weighted by Crippen LogP contribution is -2.29. The molecule has 4 aromatic rings. The first-order valence-electron chi connectivity index (χ1n) is 13.3. The molecule has 1 amide bonds. The summed E-state index contributed by atoms with van der Waals surface area (Å²) in [5.41, 5.74) is 3.79. The molecule has 0 N–H and O–H groups in total. The third-order valence-corrected chi connectivity index (χ3v) is 6.17. The molecule has 0 atom stereocenters. The monoisotopic (exact) mass is 504 g/mol. The van der Waals surface area contributed by atoms with E-state index < -0.39 is 0 Å². The molecule has 8 nitrogen and oxygen atoms in total. The Balaban J connectivity index is 0.00000156. The lowest BCUT2D eigenvalue weighted by molar-refractivity contribution is 0.152. The normalized spacial score (nSPS) is 13.0. The molecular weight excluding hydrogens is 468 g/mol. The second-order valence-electron chi connectivity index (χ2n) is 8.64. The average molecular weight is 505 g/mol. The van der Waals surface area contributed by atoms with Crippen LogP contribution in [0.2, 0.25) is 0 Å². The highest BCUT2D eigenvalue weighted by Crippen LogP contribution is 2.35. The van der Waals surface area contributed by atoms with Gasteiger partial charge in [0, 0.05) is 29.4 Å². The number of cyclic esters (lactones) is 1. The number of amides is 1. The van der Waals surface area contributed by atoms with Gasteiger partial charge in [-0.05, 0) is 36.6 Å². The van der Waals surface area contributed by atoms with Crippen LogP contribution in [0.3, 0.4) is 0 Å². The molecule has 0 radical (unpaired) electrons. The molecule has 1 aliphatic rings. The molecule has 3 heterocycles. The summed E-state index contributed by atoms with van der Waals surface area (Å²) >= 11 is 0. The first-order chi connectivity index (χ1) is 18.2. The van der Waals surface area contributed by atoms with Crippen LogP contribution in [0.5, 0.6) is 6.01 Å². The Morgan fingerprint density at radius 3 is 2.54 bits per heavy atom. The second kappa shape index (κ2) is 12.4. The van der Waals surface area contributed by atoms with E-state index in [9.17, 15) is 4.79 Å². The summed E-state index contributed by atoms with van der Waals surface area (Å²) in [6, 6.07) is 14.6. The number of hydrogen-bond donors (Lipinski definition) is 0. The Labute approximate surface area is 218 Å². The highest BCUT2D eigenvalue weighted by molar-refractivity contribution is 5.99. The van der Waals surface area contributed by atoms with Gasteiger partial charge in [-0.15, -0.1) is 0 Å². The molecule has 1 saturated heterocycles. The van der Waals surface area contributed by atoms with Crippen LogP contribution in [0.25, 0.3) is 33.0 Å². The lowest BCUT2D eigenvalue weighted by atomic mass is 10.0. The summed E-state index contributed by atoms with van der Waals surface area (Å²) in [6.45, 7) is 11.9. The minimum absolute atomic E-state index is 0.301. The van der Waals surface area contributed by atoms with E-state index in [1.54, 1.807) is 4.90 Å². The molecule has 1 fully saturated rings. The minimum Gasteiger partial charge on any atom is -0.464 e. The number of aromatic nitrogens is 2. The Kier molecular flexibility index (Phi) is 8.82. The molecule has 37 heavy (non-hydrogen) atoms. The standard InChI is InChI=1S/C27H30N4O4.C2H6/c1-3-11-30(12-4-2)25-21-17-19(22-18-35-24-8-6-5-7-20(22)24)9-10-23(21)28-26(29-25)33-15-13-31-14-16-34-27(31)32;1-2/h5-10,17-18H,3-4,11-16H2,1-2H3;1-2H3. The molecule has 0 spiro atoms. The summed E-state index contributed by atoms with van der Waals surface area (Å²) in [6.07, 6.45) is 3.52. The molecular formula is C29H36N4O4. The van der Waals surface area contributed by atoms with Crippen LogP contribution in [-0.4, -0.2) is 60.4 Å². The van der Waals surface area contributed by atoms with Crippen molar-refractivity contribution in [1.29, 1.82) is 0 Å². The van der Waals surface area contributed by atoms with E-state index >= 15 is 0 Å². The fourth-order valence-corrected chi connectivity index (χ4v) is 4.51. The smallest absolute Gasteiger partial charge is 0.410 e. The predicted molar refractivity (Wildman–Crippen MR) is 147 cm³/mol. The minimum atomic E-state index is -0.301.